The molecule has 2 heterocycles. The first-order valence-corrected chi connectivity index (χ1v) is 6.80. The van der Waals surface area contributed by atoms with Gasteiger partial charge in [-0.1, -0.05) is 0 Å². The third kappa shape index (κ3) is 2.66. The molecular weight excluding hydrogens is 242 g/mol. The molecule has 5 nitrogen and oxygen atoms in total. The summed E-state index contributed by atoms with van der Waals surface area (Å²) in [6, 6.07) is 6.46. The topological polar surface area (TPSA) is 61.3 Å². The van der Waals surface area contributed by atoms with E-state index in [9.17, 15) is 4.79 Å². The van der Waals surface area contributed by atoms with Gasteiger partial charge in [0.2, 0.25) is 0 Å². The van der Waals surface area contributed by atoms with Crippen molar-refractivity contribution >= 4 is 16.8 Å². The van der Waals surface area contributed by atoms with E-state index in [4.69, 9.17) is 4.42 Å². The zero-order valence-electron chi connectivity index (χ0n) is 11.1. The number of nitrogens with one attached hydrogen (secondary N) is 2. The van der Waals surface area contributed by atoms with E-state index < -0.39 is 5.76 Å². The Bertz CT molecular complexity index is 610. The summed E-state index contributed by atoms with van der Waals surface area (Å²) in [5, 5.41) is 3.50. The van der Waals surface area contributed by atoms with Crippen LogP contribution >= 0.6 is 0 Å². The fourth-order valence-electron chi connectivity index (χ4n) is 2.65. The molecule has 2 aromatic rings. The Hall–Kier alpha value is -1.75. The van der Waals surface area contributed by atoms with E-state index in [0.717, 1.165) is 30.7 Å². The Morgan fingerprint density at radius 2 is 2.37 bits per heavy atom. The first-order chi connectivity index (χ1) is 9.22. The summed E-state index contributed by atoms with van der Waals surface area (Å²) in [5.74, 6) is -0.398. The molecule has 0 saturated carbocycles. The number of fused-ring (bicyclic) bond motifs is 1. The summed E-state index contributed by atoms with van der Waals surface area (Å²) in [5.41, 5.74) is 2.45. The number of H-pyrrole nitrogens is 1. The number of nitrogens with zero attached hydrogens (tertiary/aromatic N) is 1. The lowest BCUT2D eigenvalue weighted by Crippen LogP contribution is -2.28. The van der Waals surface area contributed by atoms with E-state index >= 15 is 0 Å². The number of rotatable bonds is 4. The second kappa shape index (κ2) is 5.09. The van der Waals surface area contributed by atoms with Crippen molar-refractivity contribution in [2.75, 3.05) is 25.0 Å². The van der Waals surface area contributed by atoms with Crippen LogP contribution < -0.4 is 16.0 Å². The first-order valence-electron chi connectivity index (χ1n) is 6.80. The predicted molar refractivity (Wildman–Crippen MR) is 75.7 cm³/mol. The van der Waals surface area contributed by atoms with E-state index in [1.807, 2.05) is 18.2 Å². The van der Waals surface area contributed by atoms with Crippen LogP contribution in [0.2, 0.25) is 0 Å². The van der Waals surface area contributed by atoms with Crippen LogP contribution in [0.5, 0.6) is 0 Å². The number of benzene rings is 1. The zero-order chi connectivity index (χ0) is 13.2. The maximum Gasteiger partial charge on any atom is 0.417 e. The summed E-state index contributed by atoms with van der Waals surface area (Å²) in [4.78, 5) is 16.0. The average molecular weight is 261 g/mol. The second-order valence-corrected chi connectivity index (χ2v) is 5.20. The van der Waals surface area contributed by atoms with Crippen molar-refractivity contribution in [3.8, 4) is 0 Å². The molecule has 2 N–H and O–H groups in total. The maximum absolute atomic E-state index is 11.1. The summed E-state index contributed by atoms with van der Waals surface area (Å²) in [6.45, 7) is 2.15. The standard InChI is InChI=1S/C14H19N3O2/c1-17(8-6-10-3-2-7-15-10)11-4-5-12-13(9-11)19-14(18)16-12/h4-5,9-10,15H,2-3,6-8H2,1H3,(H,16,18). The molecule has 0 bridgehead atoms. The van der Waals surface area contributed by atoms with Crippen LogP contribution in [0.4, 0.5) is 5.69 Å². The van der Waals surface area contributed by atoms with Crippen molar-refractivity contribution in [2.24, 2.45) is 0 Å². The number of hydrogen-bond donors (Lipinski definition) is 2. The number of anilines is 1. The molecule has 19 heavy (non-hydrogen) atoms. The summed E-state index contributed by atoms with van der Waals surface area (Å²) < 4.78 is 5.09. The lowest BCUT2D eigenvalue weighted by Gasteiger charge is -2.21. The van der Waals surface area contributed by atoms with Crippen LogP contribution in [0.15, 0.2) is 27.4 Å². The van der Waals surface area contributed by atoms with E-state index in [1.54, 1.807) is 0 Å². The Morgan fingerprint density at radius 3 is 3.16 bits per heavy atom. The van der Waals surface area contributed by atoms with Crippen LogP contribution in [0.3, 0.4) is 0 Å². The van der Waals surface area contributed by atoms with Gasteiger partial charge >= 0.3 is 5.76 Å². The van der Waals surface area contributed by atoms with Gasteiger partial charge in [-0.25, -0.2) is 4.79 Å². The Morgan fingerprint density at radius 1 is 1.47 bits per heavy atom. The minimum Gasteiger partial charge on any atom is -0.408 e. The predicted octanol–water partition coefficient (Wildman–Crippen LogP) is 1.70. The molecule has 1 fully saturated rings. The average Bonchev–Trinajstić information content (AvgIpc) is 3.02. The third-order valence-corrected chi connectivity index (χ3v) is 3.82. The highest BCUT2D eigenvalue weighted by atomic mass is 16.4. The van der Waals surface area contributed by atoms with Gasteiger partial charge in [0, 0.05) is 31.4 Å². The van der Waals surface area contributed by atoms with Crippen molar-refractivity contribution in [1.82, 2.24) is 10.3 Å². The molecule has 0 spiro atoms. The summed E-state index contributed by atoms with van der Waals surface area (Å²) in [6.07, 6.45) is 3.71. The Kier molecular flexibility index (Phi) is 3.29. The van der Waals surface area contributed by atoms with Gasteiger partial charge in [-0.2, -0.15) is 0 Å². The quantitative estimate of drug-likeness (QED) is 0.879. The molecule has 1 saturated heterocycles. The van der Waals surface area contributed by atoms with Crippen molar-refractivity contribution < 1.29 is 4.42 Å². The third-order valence-electron chi connectivity index (χ3n) is 3.82. The fourth-order valence-corrected chi connectivity index (χ4v) is 2.65. The molecule has 102 valence electrons. The van der Waals surface area contributed by atoms with Gasteiger partial charge in [-0.15, -0.1) is 0 Å². The van der Waals surface area contributed by atoms with Gasteiger partial charge in [0.25, 0.3) is 0 Å². The molecule has 1 aromatic carbocycles. The molecule has 1 aromatic heterocycles. The lowest BCUT2D eigenvalue weighted by molar-refractivity contribution is 0.553. The van der Waals surface area contributed by atoms with Gasteiger partial charge in [-0.05, 0) is 37.9 Å². The molecule has 0 amide bonds. The second-order valence-electron chi connectivity index (χ2n) is 5.20. The molecule has 1 aliphatic heterocycles. The SMILES string of the molecule is CN(CCC1CCCN1)c1ccc2[nH]c(=O)oc2c1. The highest BCUT2D eigenvalue weighted by Crippen LogP contribution is 2.20. The van der Waals surface area contributed by atoms with E-state index in [2.05, 4.69) is 22.2 Å². The molecule has 0 radical (unpaired) electrons. The van der Waals surface area contributed by atoms with Gasteiger partial charge in [-0.3, -0.25) is 4.98 Å². The molecule has 1 atom stereocenters. The molecule has 3 rings (SSSR count). The Balaban J connectivity index is 1.69. The highest BCUT2D eigenvalue weighted by molar-refractivity contribution is 5.76. The Labute approximate surface area is 111 Å². The van der Waals surface area contributed by atoms with E-state index in [0.29, 0.717) is 11.6 Å². The van der Waals surface area contributed by atoms with Gasteiger partial charge in [0.15, 0.2) is 5.58 Å². The fraction of sp³-hybridized carbons (Fsp3) is 0.500. The number of aromatic nitrogens is 1. The number of oxazole rings is 1. The minimum absolute atomic E-state index is 0.398. The summed E-state index contributed by atoms with van der Waals surface area (Å²) in [7, 11) is 2.07. The van der Waals surface area contributed by atoms with Crippen molar-refractivity contribution in [3.05, 3.63) is 28.7 Å². The number of aromatic amines is 1. The van der Waals surface area contributed by atoms with Crippen LogP contribution in [-0.4, -0.2) is 31.2 Å². The minimum atomic E-state index is -0.398. The number of hydrogen-bond acceptors (Lipinski definition) is 4. The normalized spacial score (nSPS) is 19.1. The van der Waals surface area contributed by atoms with E-state index in [-0.39, 0.29) is 0 Å². The summed E-state index contributed by atoms with van der Waals surface area (Å²) >= 11 is 0. The van der Waals surface area contributed by atoms with Crippen LogP contribution in [-0.2, 0) is 0 Å². The molecular formula is C14H19N3O2. The van der Waals surface area contributed by atoms with Gasteiger partial charge < -0.3 is 14.6 Å². The first kappa shape index (κ1) is 12.3. The molecule has 0 aliphatic carbocycles. The monoisotopic (exact) mass is 261 g/mol. The zero-order valence-corrected chi connectivity index (χ0v) is 11.1. The van der Waals surface area contributed by atoms with Crippen molar-refractivity contribution in [2.45, 2.75) is 25.3 Å². The maximum atomic E-state index is 11.1. The van der Waals surface area contributed by atoms with E-state index in [1.165, 1.54) is 12.8 Å². The smallest absolute Gasteiger partial charge is 0.408 e. The largest absolute Gasteiger partial charge is 0.417 e. The van der Waals surface area contributed by atoms with Gasteiger partial charge in [0.1, 0.15) is 0 Å². The molecule has 5 heteroatoms. The van der Waals surface area contributed by atoms with Crippen LogP contribution in [0.1, 0.15) is 19.3 Å². The van der Waals surface area contributed by atoms with Crippen molar-refractivity contribution in [1.29, 1.82) is 0 Å². The van der Waals surface area contributed by atoms with Crippen molar-refractivity contribution in [3.63, 3.8) is 0 Å². The molecule has 1 unspecified atom stereocenters. The molecule has 1 aliphatic rings. The highest BCUT2D eigenvalue weighted by Gasteiger charge is 2.14. The van der Waals surface area contributed by atoms with Gasteiger partial charge in [0.05, 0.1) is 5.52 Å². The van der Waals surface area contributed by atoms with Crippen LogP contribution in [0.25, 0.3) is 11.1 Å². The lowest BCUT2D eigenvalue weighted by atomic mass is 10.1. The van der Waals surface area contributed by atoms with Crippen LogP contribution in [0, 0.1) is 0 Å².